The van der Waals surface area contributed by atoms with Gasteiger partial charge >= 0.3 is 0 Å². The van der Waals surface area contributed by atoms with Crippen LogP contribution in [0.25, 0.3) is 0 Å². The highest BCUT2D eigenvalue weighted by molar-refractivity contribution is 5.87. The van der Waals surface area contributed by atoms with E-state index < -0.39 is 5.60 Å². The first-order valence-corrected chi connectivity index (χ1v) is 9.45. The van der Waals surface area contributed by atoms with Gasteiger partial charge in [-0.2, -0.15) is 0 Å². The van der Waals surface area contributed by atoms with Gasteiger partial charge in [-0.05, 0) is 37.8 Å². The summed E-state index contributed by atoms with van der Waals surface area (Å²) in [6.45, 7) is 5.28. The smallest absolute Gasteiger partial charge is 0.257 e. The van der Waals surface area contributed by atoms with Gasteiger partial charge < -0.3 is 15.3 Å². The Morgan fingerprint density at radius 1 is 1.17 bits per heavy atom. The van der Waals surface area contributed by atoms with E-state index in [0.717, 1.165) is 63.7 Å². The zero-order valence-corrected chi connectivity index (χ0v) is 14.7. The van der Waals surface area contributed by atoms with Crippen molar-refractivity contribution in [3.8, 4) is 0 Å². The number of carbonyl (C=O) groups is 1. The van der Waals surface area contributed by atoms with Crippen molar-refractivity contribution in [2.45, 2.75) is 57.1 Å². The van der Waals surface area contributed by atoms with Gasteiger partial charge in [0.25, 0.3) is 5.91 Å². The molecular weight excluding hydrogens is 300 g/mol. The molecule has 24 heavy (non-hydrogen) atoms. The van der Waals surface area contributed by atoms with Gasteiger partial charge in [0.15, 0.2) is 5.60 Å². The first-order chi connectivity index (χ1) is 11.6. The third-order valence-corrected chi connectivity index (χ3v) is 5.88. The van der Waals surface area contributed by atoms with Crippen molar-refractivity contribution in [2.75, 3.05) is 19.6 Å². The summed E-state index contributed by atoms with van der Waals surface area (Å²) in [6, 6.07) is 9.69. The molecule has 3 rings (SSSR count). The molecule has 0 aromatic heterocycles. The molecule has 1 unspecified atom stereocenters. The SMILES string of the molecule is CCN1CCC(NC(=O)C(O)(c2ccccc2)C2CCCC2)CC1. The van der Waals surface area contributed by atoms with Crippen molar-refractivity contribution >= 4 is 5.91 Å². The van der Waals surface area contributed by atoms with E-state index in [1.807, 2.05) is 30.3 Å². The highest BCUT2D eigenvalue weighted by atomic mass is 16.3. The second-order valence-corrected chi connectivity index (χ2v) is 7.30. The molecule has 1 aromatic rings. The molecule has 4 nitrogen and oxygen atoms in total. The number of amides is 1. The zero-order valence-electron chi connectivity index (χ0n) is 14.7. The van der Waals surface area contributed by atoms with Crippen LogP contribution >= 0.6 is 0 Å². The number of nitrogens with zero attached hydrogens (tertiary/aromatic N) is 1. The molecule has 1 aliphatic heterocycles. The lowest BCUT2D eigenvalue weighted by Crippen LogP contribution is -2.54. The Labute approximate surface area is 145 Å². The maximum atomic E-state index is 13.1. The molecular formula is C20H30N2O2. The minimum Gasteiger partial charge on any atom is -0.375 e. The second kappa shape index (κ2) is 7.66. The summed E-state index contributed by atoms with van der Waals surface area (Å²) in [5.41, 5.74) is -0.653. The Kier molecular flexibility index (Phi) is 5.57. The van der Waals surface area contributed by atoms with Crippen molar-refractivity contribution in [2.24, 2.45) is 5.92 Å². The number of benzene rings is 1. The lowest BCUT2D eigenvalue weighted by Gasteiger charge is -2.37. The molecule has 1 aliphatic carbocycles. The average Bonchev–Trinajstić information content (AvgIpc) is 3.17. The minimum atomic E-state index is -1.39. The van der Waals surface area contributed by atoms with Crippen molar-refractivity contribution in [1.29, 1.82) is 0 Å². The fourth-order valence-corrected chi connectivity index (χ4v) is 4.28. The van der Waals surface area contributed by atoms with Crippen LogP contribution in [0, 0.1) is 5.92 Å². The first kappa shape index (κ1) is 17.4. The molecule has 0 spiro atoms. The van der Waals surface area contributed by atoms with E-state index in [2.05, 4.69) is 17.1 Å². The molecule has 1 aromatic carbocycles. The highest BCUT2D eigenvalue weighted by Gasteiger charge is 2.46. The molecule has 1 amide bonds. The summed E-state index contributed by atoms with van der Waals surface area (Å²) < 4.78 is 0. The van der Waals surface area contributed by atoms with Crippen LogP contribution in [0.1, 0.15) is 51.0 Å². The number of hydrogen-bond acceptors (Lipinski definition) is 3. The van der Waals surface area contributed by atoms with Crippen LogP contribution in [0.3, 0.4) is 0 Å². The number of carbonyl (C=O) groups excluding carboxylic acids is 1. The molecule has 132 valence electrons. The number of aliphatic hydroxyl groups is 1. The van der Waals surface area contributed by atoms with Gasteiger partial charge in [0, 0.05) is 25.0 Å². The zero-order chi connectivity index (χ0) is 17.0. The Bertz CT molecular complexity index is 534. The predicted molar refractivity (Wildman–Crippen MR) is 95.6 cm³/mol. The number of rotatable bonds is 5. The molecule has 1 atom stereocenters. The normalized spacial score (nSPS) is 23.1. The Balaban J connectivity index is 1.75. The third-order valence-electron chi connectivity index (χ3n) is 5.88. The van der Waals surface area contributed by atoms with Gasteiger partial charge in [0.2, 0.25) is 0 Å². The van der Waals surface area contributed by atoms with E-state index in [0.29, 0.717) is 0 Å². The highest BCUT2D eigenvalue weighted by Crippen LogP contribution is 2.41. The second-order valence-electron chi connectivity index (χ2n) is 7.30. The van der Waals surface area contributed by atoms with E-state index in [1.165, 1.54) is 0 Å². The van der Waals surface area contributed by atoms with Gasteiger partial charge in [-0.1, -0.05) is 50.1 Å². The van der Waals surface area contributed by atoms with Gasteiger partial charge in [-0.15, -0.1) is 0 Å². The predicted octanol–water partition coefficient (Wildman–Crippen LogP) is 2.66. The maximum absolute atomic E-state index is 13.1. The monoisotopic (exact) mass is 330 g/mol. The molecule has 0 bridgehead atoms. The van der Waals surface area contributed by atoms with E-state index >= 15 is 0 Å². The van der Waals surface area contributed by atoms with Gasteiger partial charge in [-0.3, -0.25) is 4.79 Å². The molecule has 2 N–H and O–H groups in total. The molecule has 1 heterocycles. The van der Waals surface area contributed by atoms with E-state index in [1.54, 1.807) is 0 Å². The molecule has 2 fully saturated rings. The number of hydrogen-bond donors (Lipinski definition) is 2. The van der Waals surface area contributed by atoms with Crippen LogP contribution in [0.4, 0.5) is 0 Å². The number of nitrogens with one attached hydrogen (secondary N) is 1. The average molecular weight is 330 g/mol. The lowest BCUT2D eigenvalue weighted by atomic mass is 9.79. The summed E-state index contributed by atoms with van der Waals surface area (Å²) in [5.74, 6) is -0.175. The minimum absolute atomic E-state index is 0.0237. The van der Waals surface area contributed by atoms with Crippen molar-refractivity contribution < 1.29 is 9.90 Å². The Hall–Kier alpha value is -1.39. The largest absolute Gasteiger partial charge is 0.375 e. The van der Waals surface area contributed by atoms with Crippen LogP contribution in [0.15, 0.2) is 30.3 Å². The molecule has 0 radical (unpaired) electrons. The quantitative estimate of drug-likeness (QED) is 0.873. The Morgan fingerprint density at radius 3 is 2.38 bits per heavy atom. The van der Waals surface area contributed by atoms with E-state index in [4.69, 9.17) is 0 Å². The Morgan fingerprint density at radius 2 is 1.79 bits per heavy atom. The molecule has 1 saturated carbocycles. The van der Waals surface area contributed by atoms with Crippen LogP contribution in [-0.2, 0) is 10.4 Å². The van der Waals surface area contributed by atoms with Crippen molar-refractivity contribution in [3.05, 3.63) is 35.9 Å². The van der Waals surface area contributed by atoms with Crippen molar-refractivity contribution in [1.82, 2.24) is 10.2 Å². The summed E-state index contributed by atoms with van der Waals surface area (Å²) in [6.07, 6.45) is 5.98. The fraction of sp³-hybridized carbons (Fsp3) is 0.650. The van der Waals surface area contributed by atoms with Crippen LogP contribution in [0.5, 0.6) is 0 Å². The van der Waals surface area contributed by atoms with Gasteiger partial charge in [0.1, 0.15) is 0 Å². The number of likely N-dealkylation sites (tertiary alicyclic amines) is 1. The van der Waals surface area contributed by atoms with E-state index in [-0.39, 0.29) is 17.9 Å². The molecule has 1 saturated heterocycles. The van der Waals surface area contributed by atoms with E-state index in [9.17, 15) is 9.90 Å². The van der Waals surface area contributed by atoms with Crippen LogP contribution < -0.4 is 5.32 Å². The summed E-state index contributed by atoms with van der Waals surface area (Å²) in [7, 11) is 0. The third kappa shape index (κ3) is 3.50. The lowest BCUT2D eigenvalue weighted by molar-refractivity contribution is -0.148. The summed E-state index contributed by atoms with van der Waals surface area (Å²) >= 11 is 0. The van der Waals surface area contributed by atoms with Gasteiger partial charge in [-0.25, -0.2) is 0 Å². The van der Waals surface area contributed by atoms with Crippen LogP contribution in [0.2, 0.25) is 0 Å². The maximum Gasteiger partial charge on any atom is 0.257 e. The standard InChI is InChI=1S/C20H30N2O2/c1-2-22-14-12-18(13-15-22)21-19(23)20(24,17-10-6-7-11-17)16-8-4-3-5-9-16/h3-5,8-9,17-18,24H,2,6-7,10-15H2,1H3,(H,21,23). The summed E-state index contributed by atoms with van der Waals surface area (Å²) in [4.78, 5) is 15.5. The fourth-order valence-electron chi connectivity index (χ4n) is 4.28. The summed E-state index contributed by atoms with van der Waals surface area (Å²) in [5, 5.41) is 14.6. The van der Waals surface area contributed by atoms with Gasteiger partial charge in [0.05, 0.1) is 0 Å². The van der Waals surface area contributed by atoms with Crippen molar-refractivity contribution in [3.63, 3.8) is 0 Å². The molecule has 2 aliphatic rings. The topological polar surface area (TPSA) is 52.6 Å². The number of piperidine rings is 1. The van der Waals surface area contributed by atoms with Crippen LogP contribution in [-0.4, -0.2) is 41.6 Å². The first-order valence-electron chi connectivity index (χ1n) is 9.45. The molecule has 4 heteroatoms.